The maximum Gasteiger partial charge on any atom is 0.238 e. The summed E-state index contributed by atoms with van der Waals surface area (Å²) in [5.41, 5.74) is 0.666. The predicted octanol–water partition coefficient (Wildman–Crippen LogP) is 2.11. The molecule has 0 heterocycles. The molecule has 5 nitrogen and oxygen atoms in total. The van der Waals surface area contributed by atoms with Crippen LogP contribution in [-0.4, -0.2) is 26.6 Å². The van der Waals surface area contributed by atoms with Gasteiger partial charge >= 0.3 is 0 Å². The molecule has 20 heavy (non-hydrogen) atoms. The molecule has 2 N–H and O–H groups in total. The molecule has 0 saturated carbocycles. The Morgan fingerprint density at radius 2 is 1.85 bits per heavy atom. The second kappa shape index (κ2) is 6.76. The summed E-state index contributed by atoms with van der Waals surface area (Å²) in [5, 5.41) is 3.44. The smallest absolute Gasteiger partial charge is 0.238 e. The minimum Gasteiger partial charge on any atom is -0.348 e. The van der Waals surface area contributed by atoms with Crippen molar-refractivity contribution in [3.05, 3.63) is 33.8 Å². The van der Waals surface area contributed by atoms with Gasteiger partial charge in [-0.25, -0.2) is 13.1 Å². The zero-order valence-electron chi connectivity index (χ0n) is 11.3. The quantitative estimate of drug-likeness (QED) is 0.863. The molecule has 0 aliphatic rings. The van der Waals surface area contributed by atoms with Crippen molar-refractivity contribution in [1.82, 2.24) is 10.0 Å². The first-order valence-corrected chi connectivity index (χ1v) is 8.48. The van der Waals surface area contributed by atoms with Gasteiger partial charge in [0, 0.05) is 0 Å². The highest BCUT2D eigenvalue weighted by Gasteiger charge is 2.20. The molecule has 112 valence electrons. The van der Waals surface area contributed by atoms with E-state index < -0.39 is 28.0 Å². The highest BCUT2D eigenvalue weighted by molar-refractivity contribution is 7.88. The lowest BCUT2D eigenvalue weighted by molar-refractivity contribution is -0.123. The molecule has 1 aromatic rings. The predicted molar refractivity (Wildman–Crippen MR) is 80.5 cm³/mol. The van der Waals surface area contributed by atoms with Crippen LogP contribution in [0.25, 0.3) is 0 Å². The van der Waals surface area contributed by atoms with Gasteiger partial charge in [0.1, 0.15) is 0 Å². The number of halogens is 2. The standard InChI is InChI=1S/C12H16Cl2N2O3S/c1-7(9-5-4-6-10(13)11(9)14)15-12(17)8(2)16-20(3,18)19/h4-8,16H,1-3H3,(H,15,17)/t7-,8+/m0/s1. The van der Waals surface area contributed by atoms with Crippen molar-refractivity contribution in [2.45, 2.75) is 25.9 Å². The average molecular weight is 339 g/mol. The van der Waals surface area contributed by atoms with E-state index in [1.54, 1.807) is 25.1 Å². The number of benzene rings is 1. The van der Waals surface area contributed by atoms with E-state index in [1.165, 1.54) is 6.92 Å². The summed E-state index contributed by atoms with van der Waals surface area (Å²) in [5.74, 6) is -0.445. The maximum atomic E-state index is 11.9. The Balaban J connectivity index is 2.78. The largest absolute Gasteiger partial charge is 0.348 e. The second-order valence-electron chi connectivity index (χ2n) is 4.49. The fourth-order valence-electron chi connectivity index (χ4n) is 1.65. The van der Waals surface area contributed by atoms with Crippen LogP contribution in [0.3, 0.4) is 0 Å². The van der Waals surface area contributed by atoms with Crippen molar-refractivity contribution in [2.24, 2.45) is 0 Å². The molecule has 2 atom stereocenters. The Bertz CT molecular complexity index is 605. The Morgan fingerprint density at radius 3 is 2.40 bits per heavy atom. The Labute approximate surface area is 128 Å². The van der Waals surface area contributed by atoms with Crippen molar-refractivity contribution >= 4 is 39.1 Å². The third kappa shape index (κ3) is 4.94. The fraction of sp³-hybridized carbons (Fsp3) is 0.417. The van der Waals surface area contributed by atoms with Gasteiger partial charge in [-0.3, -0.25) is 4.79 Å². The number of carbonyl (C=O) groups is 1. The summed E-state index contributed by atoms with van der Waals surface area (Å²) in [6.07, 6.45) is 0.994. The van der Waals surface area contributed by atoms with Crippen LogP contribution < -0.4 is 10.0 Å². The Hall–Kier alpha value is -0.820. The Morgan fingerprint density at radius 1 is 1.25 bits per heavy atom. The van der Waals surface area contributed by atoms with Crippen LogP contribution in [-0.2, 0) is 14.8 Å². The first-order chi connectivity index (χ1) is 9.11. The van der Waals surface area contributed by atoms with E-state index in [1.807, 2.05) is 0 Å². The van der Waals surface area contributed by atoms with Crippen LogP contribution in [0.4, 0.5) is 0 Å². The van der Waals surface area contributed by atoms with Gasteiger partial charge in [0.05, 0.1) is 28.4 Å². The van der Waals surface area contributed by atoms with Crippen molar-refractivity contribution in [2.75, 3.05) is 6.26 Å². The summed E-state index contributed by atoms with van der Waals surface area (Å²) >= 11 is 12.0. The lowest BCUT2D eigenvalue weighted by Gasteiger charge is -2.19. The van der Waals surface area contributed by atoms with Crippen molar-refractivity contribution in [1.29, 1.82) is 0 Å². The van der Waals surface area contributed by atoms with Gasteiger partial charge in [-0.1, -0.05) is 35.3 Å². The van der Waals surface area contributed by atoms with Crippen LogP contribution in [0.1, 0.15) is 25.5 Å². The van der Waals surface area contributed by atoms with Gasteiger partial charge in [-0.15, -0.1) is 0 Å². The van der Waals surface area contributed by atoms with E-state index in [9.17, 15) is 13.2 Å². The molecule has 0 unspecified atom stereocenters. The van der Waals surface area contributed by atoms with E-state index >= 15 is 0 Å². The number of hydrogen-bond acceptors (Lipinski definition) is 3. The number of hydrogen-bond donors (Lipinski definition) is 2. The zero-order chi connectivity index (χ0) is 15.5. The first kappa shape index (κ1) is 17.2. The van der Waals surface area contributed by atoms with E-state index in [0.717, 1.165) is 6.26 Å². The van der Waals surface area contributed by atoms with E-state index in [2.05, 4.69) is 10.0 Å². The molecule has 1 rings (SSSR count). The van der Waals surface area contributed by atoms with E-state index in [0.29, 0.717) is 15.6 Å². The Kier molecular flexibility index (Phi) is 5.82. The van der Waals surface area contributed by atoms with Gasteiger partial charge in [-0.05, 0) is 25.5 Å². The molecule has 0 spiro atoms. The van der Waals surface area contributed by atoms with Crippen LogP contribution in [0, 0.1) is 0 Å². The number of carbonyl (C=O) groups excluding carboxylic acids is 1. The lowest BCUT2D eigenvalue weighted by Crippen LogP contribution is -2.45. The summed E-state index contributed by atoms with van der Waals surface area (Å²) in [7, 11) is -3.44. The van der Waals surface area contributed by atoms with Gasteiger partial charge in [-0.2, -0.15) is 0 Å². The number of rotatable bonds is 5. The normalized spacial score (nSPS) is 14.7. The molecule has 1 aromatic carbocycles. The average Bonchev–Trinajstić information content (AvgIpc) is 2.30. The minimum absolute atomic E-state index is 0.366. The summed E-state index contributed by atoms with van der Waals surface area (Å²) in [6, 6.07) is 3.86. The number of sulfonamides is 1. The van der Waals surface area contributed by atoms with Gasteiger partial charge in [0.15, 0.2) is 0 Å². The zero-order valence-corrected chi connectivity index (χ0v) is 13.6. The number of nitrogens with one attached hydrogen (secondary N) is 2. The van der Waals surface area contributed by atoms with Gasteiger partial charge in [0.25, 0.3) is 0 Å². The topological polar surface area (TPSA) is 75.3 Å². The third-order valence-electron chi connectivity index (χ3n) is 2.59. The molecule has 0 fully saturated rings. The summed E-state index contributed by atoms with van der Waals surface area (Å²) < 4.78 is 24.3. The molecular formula is C12H16Cl2N2O3S. The highest BCUT2D eigenvalue weighted by Crippen LogP contribution is 2.29. The van der Waals surface area contributed by atoms with Crippen LogP contribution in [0.5, 0.6) is 0 Å². The molecular weight excluding hydrogens is 323 g/mol. The molecule has 1 amide bonds. The van der Waals surface area contributed by atoms with Crippen molar-refractivity contribution in [3.63, 3.8) is 0 Å². The van der Waals surface area contributed by atoms with Gasteiger partial charge < -0.3 is 5.32 Å². The summed E-state index contributed by atoms with van der Waals surface area (Å²) in [4.78, 5) is 11.9. The lowest BCUT2D eigenvalue weighted by atomic mass is 10.1. The van der Waals surface area contributed by atoms with E-state index in [-0.39, 0.29) is 0 Å². The van der Waals surface area contributed by atoms with Crippen LogP contribution in [0.2, 0.25) is 10.0 Å². The van der Waals surface area contributed by atoms with Gasteiger partial charge in [0.2, 0.25) is 15.9 Å². The molecule has 0 bridgehead atoms. The van der Waals surface area contributed by atoms with Crippen molar-refractivity contribution in [3.8, 4) is 0 Å². The fourth-order valence-corrected chi connectivity index (χ4v) is 2.87. The monoisotopic (exact) mass is 338 g/mol. The number of amides is 1. The molecule has 0 aliphatic heterocycles. The minimum atomic E-state index is -3.44. The molecule has 0 aromatic heterocycles. The first-order valence-electron chi connectivity index (χ1n) is 5.83. The van der Waals surface area contributed by atoms with Crippen LogP contribution >= 0.6 is 23.2 Å². The molecule has 8 heteroatoms. The molecule has 0 aliphatic carbocycles. The molecule has 0 radical (unpaired) electrons. The van der Waals surface area contributed by atoms with E-state index in [4.69, 9.17) is 23.2 Å². The van der Waals surface area contributed by atoms with Crippen LogP contribution in [0.15, 0.2) is 18.2 Å². The summed E-state index contributed by atoms with van der Waals surface area (Å²) in [6.45, 7) is 3.20. The highest BCUT2D eigenvalue weighted by atomic mass is 35.5. The maximum absolute atomic E-state index is 11.9. The SMILES string of the molecule is C[C@H](NC(=O)[C@@H](C)NS(C)(=O)=O)c1cccc(Cl)c1Cl. The third-order valence-corrected chi connectivity index (χ3v) is 4.21. The van der Waals surface area contributed by atoms with Crippen molar-refractivity contribution < 1.29 is 13.2 Å². The second-order valence-corrected chi connectivity index (χ2v) is 7.05. The molecule has 0 saturated heterocycles.